The summed E-state index contributed by atoms with van der Waals surface area (Å²) >= 11 is 0. The van der Waals surface area contributed by atoms with Gasteiger partial charge in [0, 0.05) is 24.6 Å². The van der Waals surface area contributed by atoms with E-state index >= 15 is 0 Å². The van der Waals surface area contributed by atoms with Crippen molar-refractivity contribution in [2.75, 3.05) is 0 Å². The third kappa shape index (κ3) is 4.99. The van der Waals surface area contributed by atoms with E-state index in [0.29, 0.717) is 36.7 Å². The van der Waals surface area contributed by atoms with E-state index in [9.17, 15) is 4.79 Å². The van der Waals surface area contributed by atoms with Gasteiger partial charge >= 0.3 is 0 Å². The van der Waals surface area contributed by atoms with Crippen LogP contribution in [0.2, 0.25) is 0 Å². The van der Waals surface area contributed by atoms with Crippen LogP contribution in [0.1, 0.15) is 40.4 Å². The fraction of sp³-hybridized carbons (Fsp3) is 0.208. The molecule has 0 heterocycles. The van der Waals surface area contributed by atoms with Crippen LogP contribution < -0.4 is 15.2 Å². The van der Waals surface area contributed by atoms with Gasteiger partial charge in [-0.05, 0) is 17.2 Å². The molecule has 0 aliphatic heterocycles. The number of carbonyl (C=O) groups excluding carboxylic acids is 1. The maximum absolute atomic E-state index is 12.4. The van der Waals surface area contributed by atoms with Crippen LogP contribution in [-0.4, -0.2) is 5.78 Å². The minimum atomic E-state index is 0.0207. The van der Waals surface area contributed by atoms with E-state index < -0.39 is 0 Å². The number of benzene rings is 3. The molecular formula is C24H25NO3. The third-order valence-electron chi connectivity index (χ3n) is 4.48. The Bertz CT molecular complexity index is 908. The summed E-state index contributed by atoms with van der Waals surface area (Å²) in [5.74, 6) is 1.19. The van der Waals surface area contributed by atoms with Crippen molar-refractivity contribution in [3.63, 3.8) is 0 Å². The van der Waals surface area contributed by atoms with E-state index in [1.807, 2.05) is 67.6 Å². The van der Waals surface area contributed by atoms with Gasteiger partial charge in [0.1, 0.15) is 24.7 Å². The summed E-state index contributed by atoms with van der Waals surface area (Å²) in [6.45, 7) is 2.93. The second kappa shape index (κ2) is 9.72. The average Bonchev–Trinajstić information content (AvgIpc) is 2.76. The molecule has 0 fully saturated rings. The summed E-state index contributed by atoms with van der Waals surface area (Å²) in [5.41, 5.74) is 9.35. The molecule has 3 aromatic rings. The molecule has 0 amide bonds. The van der Waals surface area contributed by atoms with Crippen molar-refractivity contribution in [1.29, 1.82) is 0 Å². The van der Waals surface area contributed by atoms with Crippen LogP contribution in [0.5, 0.6) is 11.5 Å². The Balaban J connectivity index is 1.87. The van der Waals surface area contributed by atoms with E-state index in [-0.39, 0.29) is 12.3 Å². The molecule has 0 aliphatic carbocycles. The Kier molecular flexibility index (Phi) is 6.82. The van der Waals surface area contributed by atoms with Crippen LogP contribution in [0.25, 0.3) is 0 Å². The molecule has 0 unspecified atom stereocenters. The van der Waals surface area contributed by atoms with Crippen molar-refractivity contribution in [2.24, 2.45) is 5.73 Å². The SMILES string of the molecule is CCC(=O)c1cc(CN)c(OCc2ccccc2)cc1OCc1ccccc1. The lowest BCUT2D eigenvalue weighted by Gasteiger charge is -2.16. The summed E-state index contributed by atoms with van der Waals surface area (Å²) in [6, 6.07) is 23.4. The molecule has 2 N–H and O–H groups in total. The van der Waals surface area contributed by atoms with Crippen molar-refractivity contribution in [3.05, 3.63) is 95.1 Å². The lowest BCUT2D eigenvalue weighted by atomic mass is 10.0. The number of Topliss-reactive ketones (excluding diaryl/α,β-unsaturated/α-hetero) is 1. The highest BCUT2D eigenvalue weighted by atomic mass is 16.5. The van der Waals surface area contributed by atoms with Crippen LogP contribution in [-0.2, 0) is 19.8 Å². The van der Waals surface area contributed by atoms with Crippen molar-refractivity contribution in [2.45, 2.75) is 33.1 Å². The number of ketones is 1. The van der Waals surface area contributed by atoms with Crippen LogP contribution in [0.4, 0.5) is 0 Å². The van der Waals surface area contributed by atoms with Crippen LogP contribution >= 0.6 is 0 Å². The quantitative estimate of drug-likeness (QED) is 0.541. The maximum atomic E-state index is 12.4. The van der Waals surface area contributed by atoms with E-state index in [1.165, 1.54) is 0 Å². The molecule has 4 heteroatoms. The third-order valence-corrected chi connectivity index (χ3v) is 4.48. The van der Waals surface area contributed by atoms with Gasteiger partial charge in [0.25, 0.3) is 0 Å². The van der Waals surface area contributed by atoms with Gasteiger partial charge in [0.2, 0.25) is 0 Å². The normalized spacial score (nSPS) is 10.5. The second-order valence-corrected chi connectivity index (χ2v) is 6.49. The summed E-state index contributed by atoms with van der Waals surface area (Å²) in [5, 5.41) is 0. The summed E-state index contributed by atoms with van der Waals surface area (Å²) in [6.07, 6.45) is 0.399. The molecule has 0 atom stereocenters. The zero-order valence-electron chi connectivity index (χ0n) is 16.1. The standard InChI is InChI=1S/C24H25NO3/c1-2-22(26)21-13-20(15-25)23(27-16-18-9-5-3-6-10-18)14-24(21)28-17-19-11-7-4-8-12-19/h3-14H,2,15-17,25H2,1H3. The molecule has 144 valence electrons. The lowest BCUT2D eigenvalue weighted by Crippen LogP contribution is -2.09. The Hall–Kier alpha value is -3.11. The van der Waals surface area contributed by atoms with Gasteiger partial charge < -0.3 is 15.2 Å². The van der Waals surface area contributed by atoms with Crippen molar-refractivity contribution < 1.29 is 14.3 Å². The van der Waals surface area contributed by atoms with Gasteiger partial charge in [0.15, 0.2) is 5.78 Å². The number of nitrogens with two attached hydrogens (primary N) is 1. The second-order valence-electron chi connectivity index (χ2n) is 6.49. The molecule has 0 aromatic heterocycles. The van der Waals surface area contributed by atoms with Gasteiger partial charge in [-0.3, -0.25) is 4.79 Å². The van der Waals surface area contributed by atoms with Crippen molar-refractivity contribution in [1.82, 2.24) is 0 Å². The molecule has 0 radical (unpaired) electrons. The molecule has 4 nitrogen and oxygen atoms in total. The average molecular weight is 375 g/mol. The highest BCUT2D eigenvalue weighted by Gasteiger charge is 2.16. The van der Waals surface area contributed by atoms with E-state index in [1.54, 1.807) is 12.1 Å². The molecule has 3 aromatic carbocycles. The number of hydrogen-bond acceptors (Lipinski definition) is 4. The van der Waals surface area contributed by atoms with E-state index in [2.05, 4.69) is 0 Å². The van der Waals surface area contributed by atoms with Crippen LogP contribution in [0.3, 0.4) is 0 Å². The Morgan fingerprint density at radius 1 is 0.821 bits per heavy atom. The van der Waals surface area contributed by atoms with E-state index in [4.69, 9.17) is 15.2 Å². The van der Waals surface area contributed by atoms with Crippen molar-refractivity contribution >= 4 is 5.78 Å². The Morgan fingerprint density at radius 3 is 1.86 bits per heavy atom. The van der Waals surface area contributed by atoms with Gasteiger partial charge in [-0.2, -0.15) is 0 Å². The molecule has 28 heavy (non-hydrogen) atoms. The maximum Gasteiger partial charge on any atom is 0.166 e. The number of rotatable bonds is 9. The minimum absolute atomic E-state index is 0.0207. The topological polar surface area (TPSA) is 61.6 Å². The minimum Gasteiger partial charge on any atom is -0.488 e. The monoisotopic (exact) mass is 375 g/mol. The Labute approximate surface area is 165 Å². The first-order chi connectivity index (χ1) is 13.7. The highest BCUT2D eigenvalue weighted by Crippen LogP contribution is 2.31. The largest absolute Gasteiger partial charge is 0.488 e. The van der Waals surface area contributed by atoms with Gasteiger partial charge in [-0.15, -0.1) is 0 Å². The molecular weight excluding hydrogens is 350 g/mol. The zero-order chi connectivity index (χ0) is 19.8. The first kappa shape index (κ1) is 19.6. The van der Waals surface area contributed by atoms with E-state index in [0.717, 1.165) is 16.7 Å². The van der Waals surface area contributed by atoms with Crippen LogP contribution in [0, 0.1) is 0 Å². The summed E-state index contributed by atoms with van der Waals surface area (Å²) < 4.78 is 12.0. The summed E-state index contributed by atoms with van der Waals surface area (Å²) in [7, 11) is 0. The highest BCUT2D eigenvalue weighted by molar-refractivity contribution is 5.99. The molecule has 0 spiro atoms. The Morgan fingerprint density at radius 2 is 1.36 bits per heavy atom. The van der Waals surface area contributed by atoms with Gasteiger partial charge in [-0.1, -0.05) is 67.6 Å². The zero-order valence-corrected chi connectivity index (χ0v) is 16.1. The molecule has 3 rings (SSSR count). The molecule has 0 bridgehead atoms. The smallest absolute Gasteiger partial charge is 0.166 e. The first-order valence-corrected chi connectivity index (χ1v) is 9.45. The predicted molar refractivity (Wildman–Crippen MR) is 111 cm³/mol. The lowest BCUT2D eigenvalue weighted by molar-refractivity contribution is 0.0983. The number of ether oxygens (including phenoxy) is 2. The predicted octanol–water partition coefficient (Wildman–Crippen LogP) is 4.90. The molecule has 0 aliphatic rings. The fourth-order valence-corrected chi connectivity index (χ4v) is 2.90. The molecule has 0 saturated heterocycles. The number of carbonyl (C=O) groups is 1. The van der Waals surface area contributed by atoms with Crippen LogP contribution in [0.15, 0.2) is 72.8 Å². The fourth-order valence-electron chi connectivity index (χ4n) is 2.90. The van der Waals surface area contributed by atoms with Gasteiger partial charge in [-0.25, -0.2) is 0 Å². The van der Waals surface area contributed by atoms with Gasteiger partial charge in [0.05, 0.1) is 5.56 Å². The number of hydrogen-bond donors (Lipinski definition) is 1. The first-order valence-electron chi connectivity index (χ1n) is 9.45. The summed E-state index contributed by atoms with van der Waals surface area (Å²) in [4.78, 5) is 12.4. The van der Waals surface area contributed by atoms with Crippen molar-refractivity contribution in [3.8, 4) is 11.5 Å². The molecule has 0 saturated carbocycles.